The largest absolute Gasteiger partial charge is 0.477 e. The molecule has 0 amide bonds. The zero-order chi connectivity index (χ0) is 11.0. The second-order valence-electron chi connectivity index (χ2n) is 2.96. The van der Waals surface area contributed by atoms with Gasteiger partial charge in [0.25, 0.3) is 0 Å². The zero-order valence-corrected chi connectivity index (χ0v) is 8.36. The minimum atomic E-state index is -1.04. The number of thiocarbonyl (C=S) groups is 1. The van der Waals surface area contributed by atoms with Gasteiger partial charge in [-0.3, -0.25) is 4.40 Å². The van der Waals surface area contributed by atoms with Crippen molar-refractivity contribution >= 4 is 28.8 Å². The van der Waals surface area contributed by atoms with Crippen LogP contribution >= 0.6 is 12.2 Å². The van der Waals surface area contributed by atoms with E-state index in [0.29, 0.717) is 11.2 Å². The second kappa shape index (κ2) is 3.32. The minimum absolute atomic E-state index is 0.0862. The molecule has 2 rings (SSSR count). The number of aromatic nitrogens is 2. The Morgan fingerprint density at radius 2 is 2.27 bits per heavy atom. The Balaban J connectivity index is 2.72. The Bertz CT molecular complexity index is 561. The smallest absolute Gasteiger partial charge is 0.354 e. The molecule has 2 aromatic rings. The predicted octanol–water partition coefficient (Wildman–Crippen LogP) is 0.667. The summed E-state index contributed by atoms with van der Waals surface area (Å²) >= 11 is 4.80. The zero-order valence-electron chi connectivity index (χ0n) is 7.54. The highest BCUT2D eigenvalue weighted by molar-refractivity contribution is 7.80. The van der Waals surface area contributed by atoms with Crippen molar-refractivity contribution in [1.29, 1.82) is 0 Å². The predicted molar refractivity (Wildman–Crippen MR) is 58.0 cm³/mol. The van der Waals surface area contributed by atoms with Crippen LogP contribution in [0.5, 0.6) is 0 Å². The van der Waals surface area contributed by atoms with E-state index in [1.165, 1.54) is 10.6 Å². The topological polar surface area (TPSA) is 80.6 Å². The van der Waals surface area contributed by atoms with Crippen molar-refractivity contribution in [2.24, 2.45) is 5.73 Å². The van der Waals surface area contributed by atoms with Crippen molar-refractivity contribution in [3.8, 4) is 0 Å². The van der Waals surface area contributed by atoms with Crippen LogP contribution in [0.2, 0.25) is 0 Å². The first-order valence-corrected chi connectivity index (χ1v) is 4.50. The van der Waals surface area contributed by atoms with Gasteiger partial charge in [-0.15, -0.1) is 0 Å². The van der Waals surface area contributed by atoms with E-state index in [1.807, 2.05) is 0 Å². The third-order valence-electron chi connectivity index (χ3n) is 2.01. The molecule has 0 aliphatic heterocycles. The Labute approximate surface area is 90.2 Å². The summed E-state index contributed by atoms with van der Waals surface area (Å²) in [4.78, 5) is 15.0. The summed E-state index contributed by atoms with van der Waals surface area (Å²) in [5, 5.41) is 8.88. The van der Waals surface area contributed by atoms with E-state index in [0.717, 1.165) is 0 Å². The first-order chi connectivity index (χ1) is 7.09. The van der Waals surface area contributed by atoms with Crippen LogP contribution in [0.1, 0.15) is 16.1 Å². The highest BCUT2D eigenvalue weighted by atomic mass is 32.1. The molecule has 2 aromatic heterocycles. The molecule has 0 saturated heterocycles. The molecule has 76 valence electrons. The summed E-state index contributed by atoms with van der Waals surface area (Å²) in [6.45, 7) is 0. The number of hydrogen-bond acceptors (Lipinski definition) is 3. The molecule has 5 nitrogen and oxygen atoms in total. The van der Waals surface area contributed by atoms with Crippen molar-refractivity contribution < 1.29 is 9.90 Å². The average Bonchev–Trinajstić information content (AvgIpc) is 2.59. The SMILES string of the molecule is NC(=S)c1ccc2ncc(C(=O)O)n2c1. The number of nitrogens with zero attached hydrogens (tertiary/aromatic N) is 2. The maximum absolute atomic E-state index is 10.8. The van der Waals surface area contributed by atoms with E-state index in [-0.39, 0.29) is 10.7 Å². The number of fused-ring (bicyclic) bond motifs is 1. The Morgan fingerprint density at radius 1 is 1.53 bits per heavy atom. The highest BCUT2D eigenvalue weighted by Gasteiger charge is 2.10. The number of aromatic carboxylic acids is 1. The van der Waals surface area contributed by atoms with Crippen LogP contribution in [-0.2, 0) is 0 Å². The number of rotatable bonds is 2. The monoisotopic (exact) mass is 221 g/mol. The van der Waals surface area contributed by atoms with Gasteiger partial charge >= 0.3 is 5.97 Å². The Morgan fingerprint density at radius 3 is 2.87 bits per heavy atom. The third-order valence-corrected chi connectivity index (χ3v) is 2.24. The lowest BCUT2D eigenvalue weighted by Gasteiger charge is -2.00. The van der Waals surface area contributed by atoms with Crippen LogP contribution in [0, 0.1) is 0 Å². The molecule has 0 saturated carbocycles. The normalized spacial score (nSPS) is 10.4. The first-order valence-electron chi connectivity index (χ1n) is 4.10. The molecule has 0 aliphatic rings. The molecular formula is C9H7N3O2S. The van der Waals surface area contributed by atoms with Crippen LogP contribution < -0.4 is 5.73 Å². The van der Waals surface area contributed by atoms with Gasteiger partial charge < -0.3 is 10.8 Å². The number of imidazole rings is 1. The van der Waals surface area contributed by atoms with E-state index in [4.69, 9.17) is 23.1 Å². The number of carboxylic acids is 1. The number of carbonyl (C=O) groups is 1. The minimum Gasteiger partial charge on any atom is -0.477 e. The van der Waals surface area contributed by atoms with Crippen LogP contribution in [-0.4, -0.2) is 25.4 Å². The molecular weight excluding hydrogens is 214 g/mol. The van der Waals surface area contributed by atoms with E-state index in [9.17, 15) is 4.79 Å². The quantitative estimate of drug-likeness (QED) is 0.728. The fourth-order valence-corrected chi connectivity index (χ4v) is 1.41. The van der Waals surface area contributed by atoms with Gasteiger partial charge in [-0.1, -0.05) is 12.2 Å². The summed E-state index contributed by atoms with van der Waals surface area (Å²) in [5.74, 6) is -1.04. The van der Waals surface area contributed by atoms with Crippen molar-refractivity contribution in [3.63, 3.8) is 0 Å². The van der Waals surface area contributed by atoms with Gasteiger partial charge in [0.2, 0.25) is 0 Å². The molecule has 3 N–H and O–H groups in total. The van der Waals surface area contributed by atoms with Crippen LogP contribution in [0.3, 0.4) is 0 Å². The van der Waals surface area contributed by atoms with Gasteiger partial charge in [-0.2, -0.15) is 0 Å². The lowest BCUT2D eigenvalue weighted by molar-refractivity contribution is 0.0689. The second-order valence-corrected chi connectivity index (χ2v) is 3.40. The average molecular weight is 221 g/mol. The molecule has 0 aromatic carbocycles. The van der Waals surface area contributed by atoms with Crippen molar-refractivity contribution in [2.45, 2.75) is 0 Å². The lowest BCUT2D eigenvalue weighted by atomic mass is 10.3. The molecule has 15 heavy (non-hydrogen) atoms. The molecule has 0 unspecified atom stereocenters. The van der Waals surface area contributed by atoms with E-state index in [1.54, 1.807) is 18.3 Å². The molecule has 0 radical (unpaired) electrons. The van der Waals surface area contributed by atoms with Gasteiger partial charge in [0, 0.05) is 11.8 Å². The number of pyridine rings is 1. The van der Waals surface area contributed by atoms with E-state index in [2.05, 4.69) is 4.98 Å². The summed E-state index contributed by atoms with van der Waals surface area (Å²) in [7, 11) is 0. The Kier molecular flexibility index (Phi) is 2.12. The van der Waals surface area contributed by atoms with Gasteiger partial charge in [0.05, 0.1) is 6.20 Å². The lowest BCUT2D eigenvalue weighted by Crippen LogP contribution is -2.11. The molecule has 6 heteroatoms. The number of hydrogen-bond donors (Lipinski definition) is 2. The van der Waals surface area contributed by atoms with Crippen LogP contribution in [0.25, 0.3) is 5.65 Å². The molecule has 0 bridgehead atoms. The van der Waals surface area contributed by atoms with Gasteiger partial charge in [0.1, 0.15) is 10.6 Å². The van der Waals surface area contributed by atoms with Crippen LogP contribution in [0.15, 0.2) is 24.5 Å². The summed E-state index contributed by atoms with van der Waals surface area (Å²) in [6, 6.07) is 3.37. The van der Waals surface area contributed by atoms with Gasteiger partial charge in [0.15, 0.2) is 5.69 Å². The fraction of sp³-hybridized carbons (Fsp3) is 0. The molecule has 0 spiro atoms. The summed E-state index contributed by atoms with van der Waals surface area (Å²) < 4.78 is 1.44. The molecule has 2 heterocycles. The molecule has 0 aliphatic carbocycles. The van der Waals surface area contributed by atoms with Gasteiger partial charge in [-0.05, 0) is 12.1 Å². The van der Waals surface area contributed by atoms with Crippen molar-refractivity contribution in [1.82, 2.24) is 9.38 Å². The van der Waals surface area contributed by atoms with Crippen molar-refractivity contribution in [3.05, 3.63) is 35.8 Å². The first kappa shape index (κ1) is 9.60. The van der Waals surface area contributed by atoms with Crippen LogP contribution in [0.4, 0.5) is 0 Å². The van der Waals surface area contributed by atoms with E-state index < -0.39 is 5.97 Å². The summed E-state index contributed by atoms with van der Waals surface area (Å²) in [5.41, 5.74) is 6.69. The van der Waals surface area contributed by atoms with E-state index >= 15 is 0 Å². The fourth-order valence-electron chi connectivity index (χ4n) is 1.28. The van der Waals surface area contributed by atoms with Crippen molar-refractivity contribution in [2.75, 3.05) is 0 Å². The molecule has 0 atom stereocenters. The Hall–Kier alpha value is -1.95. The maximum atomic E-state index is 10.8. The number of carboxylic acid groups (broad SMARTS) is 1. The third kappa shape index (κ3) is 1.55. The highest BCUT2D eigenvalue weighted by Crippen LogP contribution is 2.09. The number of nitrogens with two attached hydrogens (primary N) is 1. The van der Waals surface area contributed by atoms with Gasteiger partial charge in [-0.25, -0.2) is 9.78 Å². The maximum Gasteiger partial charge on any atom is 0.354 e. The molecule has 0 fully saturated rings. The standard InChI is InChI=1S/C9H7N3O2S/c10-8(15)5-1-2-7-11-3-6(9(13)14)12(7)4-5/h1-4H,(H2,10,15)(H,13,14). The summed E-state index contributed by atoms with van der Waals surface area (Å²) in [6.07, 6.45) is 2.86.